The second-order valence-electron chi connectivity index (χ2n) is 4.87. The smallest absolute Gasteiger partial charge is 0.334 e. The Morgan fingerprint density at radius 1 is 1.05 bits per heavy atom. The first-order chi connectivity index (χ1) is 10.7. The van der Waals surface area contributed by atoms with Gasteiger partial charge in [0.2, 0.25) is 0 Å². The summed E-state index contributed by atoms with van der Waals surface area (Å²) < 4.78 is 16.5. The average molecular weight is 296 g/mol. The summed E-state index contributed by atoms with van der Waals surface area (Å²) in [6, 6.07) is 17.3. The van der Waals surface area contributed by atoms with Crippen LogP contribution in [0, 0.1) is 0 Å². The molecule has 0 N–H and O–H groups in total. The van der Waals surface area contributed by atoms with Gasteiger partial charge >= 0.3 is 5.97 Å². The van der Waals surface area contributed by atoms with Gasteiger partial charge in [-0.05, 0) is 0 Å². The number of methoxy groups -OCH3 is 2. The lowest BCUT2D eigenvalue weighted by atomic mass is 9.95. The van der Waals surface area contributed by atoms with E-state index in [-0.39, 0.29) is 0 Å². The van der Waals surface area contributed by atoms with E-state index in [9.17, 15) is 4.79 Å². The highest BCUT2D eigenvalue weighted by Gasteiger charge is 2.45. The lowest BCUT2D eigenvalue weighted by Crippen LogP contribution is -2.29. The molecule has 2 aromatic carbocycles. The molecule has 22 heavy (non-hydrogen) atoms. The number of carbonyl (C=O) groups excluding carboxylic acids is 1. The van der Waals surface area contributed by atoms with Crippen LogP contribution in [0.4, 0.5) is 0 Å². The zero-order valence-corrected chi connectivity index (χ0v) is 12.4. The minimum Gasteiger partial charge on any atom is -0.466 e. The molecule has 0 aromatic heterocycles. The van der Waals surface area contributed by atoms with Crippen LogP contribution >= 0.6 is 0 Å². The number of hydrogen-bond donors (Lipinski definition) is 0. The molecule has 4 nitrogen and oxygen atoms in total. The quantitative estimate of drug-likeness (QED) is 0.645. The van der Waals surface area contributed by atoms with E-state index in [1.165, 1.54) is 13.2 Å². The predicted molar refractivity (Wildman–Crippen MR) is 81.8 cm³/mol. The predicted octanol–water partition coefficient (Wildman–Crippen LogP) is 3.08. The molecule has 112 valence electrons. The first kappa shape index (κ1) is 14.4. The maximum Gasteiger partial charge on any atom is 0.334 e. The molecule has 1 atom stereocenters. The van der Waals surface area contributed by atoms with Crippen molar-refractivity contribution in [1.29, 1.82) is 0 Å². The molecule has 3 rings (SSSR count). The molecule has 0 spiro atoms. The maximum absolute atomic E-state index is 11.6. The summed E-state index contributed by atoms with van der Waals surface area (Å²) in [4.78, 5) is 11.6. The topological polar surface area (TPSA) is 44.8 Å². The molecule has 0 radical (unpaired) electrons. The van der Waals surface area contributed by atoms with E-state index >= 15 is 0 Å². The lowest BCUT2D eigenvalue weighted by Gasteiger charge is -2.28. The van der Waals surface area contributed by atoms with E-state index in [2.05, 4.69) is 0 Å². The Kier molecular flexibility index (Phi) is 3.69. The second-order valence-corrected chi connectivity index (χ2v) is 4.87. The first-order valence-corrected chi connectivity index (χ1v) is 6.90. The third kappa shape index (κ3) is 2.18. The van der Waals surface area contributed by atoms with Gasteiger partial charge in [0.15, 0.2) is 0 Å². The summed E-state index contributed by atoms with van der Waals surface area (Å²) in [5.41, 5.74) is 2.54. The Labute approximate surface area is 128 Å². The van der Waals surface area contributed by atoms with Crippen LogP contribution in [0.25, 0.3) is 5.76 Å². The van der Waals surface area contributed by atoms with Crippen LogP contribution in [0.15, 0.2) is 60.7 Å². The highest BCUT2D eigenvalue weighted by atomic mass is 16.7. The van der Waals surface area contributed by atoms with Crippen molar-refractivity contribution >= 4 is 11.7 Å². The molecule has 1 unspecified atom stereocenters. The Morgan fingerprint density at radius 2 is 1.73 bits per heavy atom. The number of fused-ring (bicyclic) bond motifs is 1. The summed E-state index contributed by atoms with van der Waals surface area (Å²) in [6.07, 6.45) is 1.34. The van der Waals surface area contributed by atoms with E-state index in [1.807, 2.05) is 54.6 Å². The summed E-state index contributed by atoms with van der Waals surface area (Å²) in [5.74, 6) is -1.09. The van der Waals surface area contributed by atoms with Crippen LogP contribution < -0.4 is 0 Å². The third-order valence-corrected chi connectivity index (χ3v) is 3.69. The van der Waals surface area contributed by atoms with Crippen LogP contribution in [0.3, 0.4) is 0 Å². The highest BCUT2D eigenvalue weighted by Crippen LogP contribution is 2.47. The molecule has 0 saturated carbocycles. The highest BCUT2D eigenvalue weighted by molar-refractivity contribution is 5.91. The van der Waals surface area contributed by atoms with Crippen molar-refractivity contribution in [3.63, 3.8) is 0 Å². The van der Waals surface area contributed by atoms with Gasteiger partial charge in [-0.25, -0.2) is 4.79 Å². The van der Waals surface area contributed by atoms with Crippen molar-refractivity contribution in [2.75, 3.05) is 14.2 Å². The van der Waals surface area contributed by atoms with Crippen molar-refractivity contribution in [1.82, 2.24) is 0 Å². The number of carbonyl (C=O) groups is 1. The van der Waals surface area contributed by atoms with E-state index in [1.54, 1.807) is 7.11 Å². The normalized spacial score (nSPS) is 21.3. The monoisotopic (exact) mass is 296 g/mol. The molecule has 1 aliphatic heterocycles. The Hall–Kier alpha value is -2.59. The van der Waals surface area contributed by atoms with Crippen molar-refractivity contribution < 1.29 is 19.0 Å². The second kappa shape index (κ2) is 5.66. The van der Waals surface area contributed by atoms with Gasteiger partial charge in [-0.3, -0.25) is 0 Å². The molecule has 0 fully saturated rings. The van der Waals surface area contributed by atoms with Crippen LogP contribution in [0.2, 0.25) is 0 Å². The Balaban J connectivity index is 2.19. The van der Waals surface area contributed by atoms with Gasteiger partial charge in [-0.1, -0.05) is 54.6 Å². The largest absolute Gasteiger partial charge is 0.466 e. The van der Waals surface area contributed by atoms with Crippen molar-refractivity contribution in [3.05, 3.63) is 77.4 Å². The zero-order chi connectivity index (χ0) is 15.6. The van der Waals surface area contributed by atoms with Crippen LogP contribution in [-0.2, 0) is 24.8 Å². The minimum absolute atomic E-state index is 0.438. The number of rotatable bonds is 3. The van der Waals surface area contributed by atoms with Crippen molar-refractivity contribution in [3.8, 4) is 0 Å². The lowest BCUT2D eigenvalue weighted by molar-refractivity contribution is -0.147. The SMILES string of the molecule is COC(=O)/C=C1/OC(OC)(c2ccccc2)c2ccccc21. The van der Waals surface area contributed by atoms with E-state index in [4.69, 9.17) is 14.2 Å². The van der Waals surface area contributed by atoms with E-state index in [0.29, 0.717) is 5.76 Å². The summed E-state index contributed by atoms with van der Waals surface area (Å²) in [7, 11) is 2.92. The average Bonchev–Trinajstić information content (AvgIpc) is 2.91. The fourth-order valence-electron chi connectivity index (χ4n) is 2.66. The van der Waals surface area contributed by atoms with Crippen LogP contribution in [0.1, 0.15) is 16.7 Å². The molecule has 2 aromatic rings. The fourth-order valence-corrected chi connectivity index (χ4v) is 2.66. The van der Waals surface area contributed by atoms with Gasteiger partial charge in [-0.2, -0.15) is 0 Å². The molecular formula is C18H16O4. The zero-order valence-electron chi connectivity index (χ0n) is 12.4. The number of ether oxygens (including phenoxy) is 3. The molecular weight excluding hydrogens is 280 g/mol. The summed E-state index contributed by atoms with van der Waals surface area (Å²) in [5, 5.41) is 0. The van der Waals surface area contributed by atoms with Crippen LogP contribution in [-0.4, -0.2) is 20.2 Å². The molecule has 4 heteroatoms. The van der Waals surface area contributed by atoms with Gasteiger partial charge in [0, 0.05) is 23.8 Å². The molecule has 0 saturated heterocycles. The first-order valence-electron chi connectivity index (χ1n) is 6.90. The van der Waals surface area contributed by atoms with Gasteiger partial charge in [-0.15, -0.1) is 0 Å². The van der Waals surface area contributed by atoms with Crippen molar-refractivity contribution in [2.45, 2.75) is 5.79 Å². The van der Waals surface area contributed by atoms with Crippen LogP contribution in [0.5, 0.6) is 0 Å². The summed E-state index contributed by atoms with van der Waals surface area (Å²) >= 11 is 0. The van der Waals surface area contributed by atoms with Gasteiger partial charge in [0.05, 0.1) is 13.2 Å². The van der Waals surface area contributed by atoms with E-state index in [0.717, 1.165) is 16.7 Å². The van der Waals surface area contributed by atoms with Crippen molar-refractivity contribution in [2.24, 2.45) is 0 Å². The Bertz CT molecular complexity index is 721. The fraction of sp³-hybridized carbons (Fsp3) is 0.167. The molecule has 0 bridgehead atoms. The van der Waals surface area contributed by atoms with E-state index < -0.39 is 11.8 Å². The van der Waals surface area contributed by atoms with Gasteiger partial charge in [0.25, 0.3) is 5.79 Å². The molecule has 1 aliphatic rings. The van der Waals surface area contributed by atoms with Gasteiger partial charge in [0.1, 0.15) is 5.76 Å². The number of hydrogen-bond acceptors (Lipinski definition) is 4. The molecule has 0 aliphatic carbocycles. The number of benzene rings is 2. The number of esters is 1. The standard InChI is InChI=1S/C18H16O4/c1-20-17(19)12-16-14-10-6-7-11-15(14)18(21-2,22-16)13-8-4-3-5-9-13/h3-12H,1-2H3/b16-12+. The third-order valence-electron chi connectivity index (χ3n) is 3.69. The maximum atomic E-state index is 11.6. The van der Waals surface area contributed by atoms with Gasteiger partial charge < -0.3 is 14.2 Å². The Morgan fingerprint density at radius 3 is 2.41 bits per heavy atom. The molecule has 0 amide bonds. The molecule has 1 heterocycles. The summed E-state index contributed by atoms with van der Waals surface area (Å²) in [6.45, 7) is 0. The minimum atomic E-state index is -1.06.